The Balaban J connectivity index is 3.24. The lowest BCUT2D eigenvalue weighted by Gasteiger charge is -2.18. The van der Waals surface area contributed by atoms with Crippen molar-refractivity contribution >= 4 is 11.8 Å². The normalized spacial score (nSPS) is 10.3. The molecular weight excluding hydrogens is 292 g/mol. The number of carbonyl (C=O) groups is 2. The fraction of sp³-hybridized carbons (Fsp3) is 0.474. The van der Waals surface area contributed by atoms with Gasteiger partial charge in [0.25, 0.3) is 0 Å². The summed E-state index contributed by atoms with van der Waals surface area (Å²) in [4.78, 5) is 23.3. The van der Waals surface area contributed by atoms with Crippen molar-refractivity contribution in [3.63, 3.8) is 0 Å². The van der Waals surface area contributed by atoms with E-state index < -0.39 is 5.97 Å². The summed E-state index contributed by atoms with van der Waals surface area (Å²) in [7, 11) is 0. The number of phenols is 1. The van der Waals surface area contributed by atoms with Gasteiger partial charge in [-0.25, -0.2) is 0 Å². The Hall–Kier alpha value is -2.10. The maximum atomic E-state index is 11.9. The SMILES string of the molecule is CCC(=O)CC(=O)Oc1c(C)c(C)c(O)c(CC=C(C)C)c1C. The molecule has 0 aliphatic rings. The van der Waals surface area contributed by atoms with Crippen LogP contribution in [0.5, 0.6) is 11.5 Å². The lowest BCUT2D eigenvalue weighted by Crippen LogP contribution is -2.15. The fourth-order valence-electron chi connectivity index (χ4n) is 2.32. The van der Waals surface area contributed by atoms with Crippen molar-refractivity contribution in [2.45, 2.75) is 60.8 Å². The number of esters is 1. The highest BCUT2D eigenvalue weighted by Crippen LogP contribution is 2.37. The summed E-state index contributed by atoms with van der Waals surface area (Å²) in [5.74, 6) is -0.0137. The smallest absolute Gasteiger partial charge is 0.318 e. The van der Waals surface area contributed by atoms with Gasteiger partial charge in [0, 0.05) is 12.0 Å². The molecule has 0 fully saturated rings. The molecule has 1 aromatic carbocycles. The average Bonchev–Trinajstić information content (AvgIpc) is 2.49. The molecule has 0 unspecified atom stereocenters. The van der Waals surface area contributed by atoms with Crippen LogP contribution in [0.1, 0.15) is 55.9 Å². The van der Waals surface area contributed by atoms with Crippen LogP contribution in [0.2, 0.25) is 0 Å². The summed E-state index contributed by atoms with van der Waals surface area (Å²) in [6.45, 7) is 11.1. The van der Waals surface area contributed by atoms with Crippen molar-refractivity contribution in [2.24, 2.45) is 0 Å². The molecule has 0 aliphatic heterocycles. The Labute approximate surface area is 138 Å². The molecule has 0 amide bonds. The lowest BCUT2D eigenvalue weighted by atomic mass is 9.95. The maximum absolute atomic E-state index is 11.9. The van der Waals surface area contributed by atoms with E-state index >= 15 is 0 Å². The van der Waals surface area contributed by atoms with Crippen LogP contribution in [0.15, 0.2) is 11.6 Å². The number of ether oxygens (including phenoxy) is 1. The first-order chi connectivity index (χ1) is 10.7. The highest BCUT2D eigenvalue weighted by Gasteiger charge is 2.20. The van der Waals surface area contributed by atoms with E-state index in [0.717, 1.165) is 22.3 Å². The Morgan fingerprint density at radius 3 is 2.22 bits per heavy atom. The van der Waals surface area contributed by atoms with Crippen molar-refractivity contribution in [3.05, 3.63) is 33.9 Å². The van der Waals surface area contributed by atoms with Crippen LogP contribution >= 0.6 is 0 Å². The number of aromatic hydroxyl groups is 1. The summed E-state index contributed by atoms with van der Waals surface area (Å²) in [6, 6.07) is 0. The number of carbonyl (C=O) groups excluding carboxylic acids is 2. The molecule has 1 rings (SSSR count). The van der Waals surface area contributed by atoms with Crippen LogP contribution in [0, 0.1) is 20.8 Å². The number of hydrogen-bond donors (Lipinski definition) is 1. The minimum absolute atomic E-state index is 0.148. The van der Waals surface area contributed by atoms with Crippen LogP contribution in [-0.2, 0) is 16.0 Å². The predicted molar refractivity (Wildman–Crippen MR) is 91.0 cm³/mol. The average molecular weight is 318 g/mol. The van der Waals surface area contributed by atoms with Crippen LogP contribution in [0.3, 0.4) is 0 Å². The summed E-state index contributed by atoms with van der Waals surface area (Å²) < 4.78 is 5.44. The Bertz CT molecular complexity index is 650. The minimum Gasteiger partial charge on any atom is -0.507 e. The van der Waals surface area contributed by atoms with Gasteiger partial charge in [0.2, 0.25) is 0 Å². The quantitative estimate of drug-likeness (QED) is 0.371. The Kier molecular flexibility index (Phi) is 6.55. The van der Waals surface area contributed by atoms with Gasteiger partial charge in [-0.1, -0.05) is 18.6 Å². The van der Waals surface area contributed by atoms with Crippen molar-refractivity contribution in [1.82, 2.24) is 0 Å². The second-order valence-corrected chi connectivity index (χ2v) is 6.06. The number of benzene rings is 1. The topological polar surface area (TPSA) is 63.6 Å². The molecule has 4 heteroatoms. The van der Waals surface area contributed by atoms with E-state index in [1.165, 1.54) is 0 Å². The highest BCUT2D eigenvalue weighted by atomic mass is 16.5. The molecule has 0 saturated heterocycles. The molecule has 4 nitrogen and oxygen atoms in total. The highest BCUT2D eigenvalue weighted by molar-refractivity contribution is 5.96. The van der Waals surface area contributed by atoms with E-state index in [1.54, 1.807) is 20.8 Å². The number of rotatable bonds is 6. The standard InChI is InChI=1S/C19H26O4/c1-7-15(20)10-17(21)23-19-13(5)12(4)18(22)16(14(19)6)9-8-11(2)3/h8,22H,7,9-10H2,1-6H3. The first kappa shape index (κ1) is 18.9. The van der Waals surface area contributed by atoms with Crippen molar-refractivity contribution in [3.8, 4) is 11.5 Å². The number of ketones is 1. The van der Waals surface area contributed by atoms with Crippen molar-refractivity contribution in [2.75, 3.05) is 0 Å². The van der Waals surface area contributed by atoms with Crippen molar-refractivity contribution < 1.29 is 19.4 Å². The van der Waals surface area contributed by atoms with Gasteiger partial charge in [-0.15, -0.1) is 0 Å². The Morgan fingerprint density at radius 2 is 1.70 bits per heavy atom. The molecule has 0 saturated carbocycles. The van der Waals surface area contributed by atoms with Crippen molar-refractivity contribution in [1.29, 1.82) is 0 Å². The van der Waals surface area contributed by atoms with E-state index in [4.69, 9.17) is 4.74 Å². The molecule has 1 aromatic rings. The molecule has 0 spiro atoms. The molecule has 0 aliphatic carbocycles. The van der Waals surface area contributed by atoms with Gasteiger partial charge >= 0.3 is 5.97 Å². The van der Waals surface area contributed by atoms with E-state index in [2.05, 4.69) is 0 Å². The second-order valence-electron chi connectivity index (χ2n) is 6.06. The van der Waals surface area contributed by atoms with Gasteiger partial charge in [-0.05, 0) is 57.7 Å². The monoisotopic (exact) mass is 318 g/mol. The van der Waals surface area contributed by atoms with Crippen LogP contribution in [-0.4, -0.2) is 16.9 Å². The Morgan fingerprint density at radius 1 is 1.09 bits per heavy atom. The molecule has 0 atom stereocenters. The van der Waals surface area contributed by atoms with E-state index in [1.807, 2.05) is 26.8 Å². The first-order valence-electron chi connectivity index (χ1n) is 7.86. The summed E-state index contributed by atoms with van der Waals surface area (Å²) in [6.07, 6.45) is 2.68. The lowest BCUT2D eigenvalue weighted by molar-refractivity contribution is -0.138. The number of hydrogen-bond acceptors (Lipinski definition) is 4. The van der Waals surface area contributed by atoms with Gasteiger partial charge in [-0.2, -0.15) is 0 Å². The summed E-state index contributed by atoms with van der Waals surface area (Å²) in [5, 5.41) is 10.4. The third-order valence-corrected chi connectivity index (χ3v) is 4.00. The zero-order valence-electron chi connectivity index (χ0n) is 14.9. The molecule has 0 radical (unpaired) electrons. The largest absolute Gasteiger partial charge is 0.507 e. The fourth-order valence-corrected chi connectivity index (χ4v) is 2.32. The summed E-state index contributed by atoms with van der Waals surface area (Å²) in [5.41, 5.74) is 4.05. The minimum atomic E-state index is -0.554. The van der Waals surface area contributed by atoms with E-state index in [9.17, 15) is 14.7 Å². The molecular formula is C19H26O4. The second kappa shape index (κ2) is 7.95. The van der Waals surface area contributed by atoms with Gasteiger partial charge in [-0.3, -0.25) is 9.59 Å². The van der Waals surface area contributed by atoms with Crippen LogP contribution in [0.25, 0.3) is 0 Å². The molecule has 126 valence electrons. The predicted octanol–water partition coefficient (Wildman–Crippen LogP) is 4.10. The number of allylic oxidation sites excluding steroid dienone is 2. The molecule has 0 aromatic heterocycles. The van der Waals surface area contributed by atoms with Gasteiger partial charge < -0.3 is 9.84 Å². The number of phenolic OH excluding ortho intramolecular Hbond substituents is 1. The maximum Gasteiger partial charge on any atom is 0.318 e. The van der Waals surface area contributed by atoms with Crippen LogP contribution < -0.4 is 4.74 Å². The zero-order chi connectivity index (χ0) is 17.7. The van der Waals surface area contributed by atoms with Gasteiger partial charge in [0.15, 0.2) is 0 Å². The third kappa shape index (κ3) is 4.68. The molecule has 1 N–H and O–H groups in total. The molecule has 0 bridgehead atoms. The van der Waals surface area contributed by atoms with Gasteiger partial charge in [0.05, 0.1) is 0 Å². The van der Waals surface area contributed by atoms with Crippen LogP contribution in [0.4, 0.5) is 0 Å². The molecule has 23 heavy (non-hydrogen) atoms. The first-order valence-corrected chi connectivity index (χ1v) is 7.86. The van der Waals surface area contributed by atoms with E-state index in [0.29, 0.717) is 24.2 Å². The summed E-state index contributed by atoms with van der Waals surface area (Å²) >= 11 is 0. The zero-order valence-corrected chi connectivity index (χ0v) is 14.9. The third-order valence-electron chi connectivity index (χ3n) is 4.00. The van der Waals surface area contributed by atoms with Gasteiger partial charge in [0.1, 0.15) is 23.7 Å². The molecule has 0 heterocycles. The number of Topliss-reactive ketones (excluding diaryl/α,β-unsaturated/α-hetero) is 1. The van der Waals surface area contributed by atoms with E-state index in [-0.39, 0.29) is 18.0 Å².